The molecule has 0 spiro atoms. The number of nitrogens with zero attached hydrogens (tertiary/aromatic N) is 4. The molecule has 38 heavy (non-hydrogen) atoms. The molecule has 0 radical (unpaired) electrons. The smallest absolute Gasteiger partial charge is 0.417 e. The summed E-state index contributed by atoms with van der Waals surface area (Å²) in [6.45, 7) is 1.74. The molecule has 0 aliphatic heterocycles. The van der Waals surface area contributed by atoms with Gasteiger partial charge in [-0.2, -0.15) is 17.6 Å². The Morgan fingerprint density at radius 2 is 1.89 bits per heavy atom. The van der Waals surface area contributed by atoms with Gasteiger partial charge in [0.05, 0.1) is 33.2 Å². The summed E-state index contributed by atoms with van der Waals surface area (Å²) in [7, 11) is 0. The second-order valence-corrected chi connectivity index (χ2v) is 10.4. The van der Waals surface area contributed by atoms with Crippen LogP contribution in [0.3, 0.4) is 0 Å². The largest absolute Gasteiger partial charge is 0.842 e. The molecule has 0 atom stereocenters. The minimum absolute atomic E-state index is 0.0124. The SMILES string of the molecule is Cc1cccn2c(=O)c(-c3cc(-c4ncc(C(F)(F)F)cc4Cl)ccc3F)c([O-])[n+](Cc3cnc(Cl)s3)c12. The molecule has 0 saturated heterocycles. The van der Waals surface area contributed by atoms with Gasteiger partial charge in [0.2, 0.25) is 0 Å². The van der Waals surface area contributed by atoms with E-state index in [0.717, 1.165) is 17.4 Å². The number of pyridine rings is 2. The normalized spacial score (nSPS) is 11.9. The third-order valence-electron chi connectivity index (χ3n) is 5.83. The van der Waals surface area contributed by atoms with Crippen molar-refractivity contribution in [3.8, 4) is 28.3 Å². The molecule has 5 aromatic rings. The number of aromatic nitrogens is 4. The number of rotatable bonds is 4. The van der Waals surface area contributed by atoms with E-state index in [2.05, 4.69) is 9.97 Å². The van der Waals surface area contributed by atoms with Crippen LogP contribution in [-0.2, 0) is 12.7 Å². The predicted octanol–water partition coefficient (Wildman–Crippen LogP) is 5.67. The van der Waals surface area contributed by atoms with Gasteiger partial charge in [0, 0.05) is 29.1 Å². The fraction of sp³-hybridized carbons (Fsp3) is 0.120. The maximum Gasteiger partial charge on any atom is 0.417 e. The topological polar surface area (TPSA) is 74.2 Å². The molecule has 4 heterocycles. The molecule has 6 nitrogen and oxygen atoms in total. The second kappa shape index (κ2) is 9.64. The van der Waals surface area contributed by atoms with E-state index in [1.54, 1.807) is 19.1 Å². The molecular weight excluding hydrogens is 567 g/mol. The lowest BCUT2D eigenvalue weighted by Gasteiger charge is -2.18. The van der Waals surface area contributed by atoms with E-state index in [-0.39, 0.29) is 32.9 Å². The highest BCUT2D eigenvalue weighted by Crippen LogP contribution is 2.36. The van der Waals surface area contributed by atoms with Gasteiger partial charge >= 0.3 is 11.7 Å². The average Bonchev–Trinajstić information content (AvgIpc) is 3.27. The predicted molar refractivity (Wildman–Crippen MR) is 133 cm³/mol. The Kier molecular flexibility index (Phi) is 6.62. The zero-order valence-electron chi connectivity index (χ0n) is 19.2. The molecule has 0 amide bonds. The molecule has 0 unspecified atom stereocenters. The molecule has 0 aliphatic carbocycles. The van der Waals surface area contributed by atoms with Crippen LogP contribution < -0.4 is 15.2 Å². The van der Waals surface area contributed by atoms with Crippen molar-refractivity contribution in [3.05, 3.63) is 96.7 Å². The van der Waals surface area contributed by atoms with Crippen molar-refractivity contribution in [2.45, 2.75) is 19.6 Å². The Hall–Kier alpha value is -3.54. The zero-order chi connectivity index (χ0) is 27.4. The van der Waals surface area contributed by atoms with Gasteiger partial charge in [0.15, 0.2) is 4.47 Å². The quantitative estimate of drug-likeness (QED) is 0.203. The number of alkyl halides is 3. The van der Waals surface area contributed by atoms with E-state index in [1.165, 1.54) is 33.5 Å². The lowest BCUT2D eigenvalue weighted by Crippen LogP contribution is -2.44. The summed E-state index contributed by atoms with van der Waals surface area (Å²) in [5.41, 5.74) is -1.66. The summed E-state index contributed by atoms with van der Waals surface area (Å²) in [4.78, 5) is 21.9. The van der Waals surface area contributed by atoms with Gasteiger partial charge < -0.3 is 5.11 Å². The molecule has 0 aliphatic rings. The van der Waals surface area contributed by atoms with Gasteiger partial charge in [0.1, 0.15) is 17.9 Å². The van der Waals surface area contributed by atoms with Crippen molar-refractivity contribution in [3.63, 3.8) is 0 Å². The molecule has 194 valence electrons. The molecule has 0 fully saturated rings. The molecule has 13 heteroatoms. The maximum absolute atomic E-state index is 15.2. The van der Waals surface area contributed by atoms with E-state index >= 15 is 4.39 Å². The molecular formula is C25H14Cl2F4N4O2S. The van der Waals surface area contributed by atoms with Crippen LogP contribution in [0.4, 0.5) is 17.6 Å². The van der Waals surface area contributed by atoms with Crippen LogP contribution in [0.2, 0.25) is 9.49 Å². The molecule has 1 aromatic carbocycles. The van der Waals surface area contributed by atoms with Gasteiger partial charge in [-0.15, -0.1) is 11.3 Å². The first-order valence-corrected chi connectivity index (χ1v) is 12.4. The Bertz CT molecular complexity index is 1790. The standard InChI is InChI=1S/C25H14Cl2F4N4O2S/c1-12-3-2-6-34-21(12)35(11-15-10-33-24(27)38-15)23(37)19(22(34)36)16-7-13(4-5-18(16)28)20-17(26)8-14(9-32-20)25(29,30)31/h2-10H,11H2,1H3. The van der Waals surface area contributed by atoms with Gasteiger partial charge in [-0.1, -0.05) is 23.2 Å². The maximum atomic E-state index is 15.2. The Labute approximate surface area is 226 Å². The van der Waals surface area contributed by atoms with Crippen LogP contribution >= 0.6 is 34.5 Å². The Morgan fingerprint density at radius 1 is 1.13 bits per heavy atom. The molecule has 0 N–H and O–H groups in total. The van der Waals surface area contributed by atoms with E-state index < -0.39 is 34.6 Å². The highest BCUT2D eigenvalue weighted by Gasteiger charge is 2.32. The molecule has 0 bridgehead atoms. The van der Waals surface area contributed by atoms with Crippen LogP contribution in [0.5, 0.6) is 5.88 Å². The van der Waals surface area contributed by atoms with Crippen LogP contribution in [0, 0.1) is 12.7 Å². The number of fused-ring (bicyclic) bond motifs is 1. The number of hydrogen-bond donors (Lipinski definition) is 0. The third kappa shape index (κ3) is 4.61. The van der Waals surface area contributed by atoms with Gasteiger partial charge in [-0.3, -0.25) is 4.98 Å². The Morgan fingerprint density at radius 3 is 2.55 bits per heavy atom. The zero-order valence-corrected chi connectivity index (χ0v) is 21.5. The van der Waals surface area contributed by atoms with Crippen molar-refractivity contribution in [2.75, 3.05) is 0 Å². The molecule has 5 rings (SSSR count). The highest BCUT2D eigenvalue weighted by molar-refractivity contribution is 7.15. The number of halogens is 6. The fourth-order valence-electron chi connectivity index (χ4n) is 4.12. The van der Waals surface area contributed by atoms with Crippen molar-refractivity contribution in [1.29, 1.82) is 0 Å². The van der Waals surface area contributed by atoms with Gasteiger partial charge in [-0.25, -0.2) is 18.7 Å². The van der Waals surface area contributed by atoms with Crippen LogP contribution in [0.15, 0.2) is 59.8 Å². The van der Waals surface area contributed by atoms with E-state index in [4.69, 9.17) is 23.2 Å². The summed E-state index contributed by atoms with van der Waals surface area (Å²) in [5, 5.41) is 13.4. The van der Waals surface area contributed by atoms with Gasteiger partial charge in [0.25, 0.3) is 5.65 Å². The monoisotopic (exact) mass is 580 g/mol. The fourth-order valence-corrected chi connectivity index (χ4v) is 5.36. The lowest BCUT2D eigenvalue weighted by atomic mass is 10.0. The second-order valence-electron chi connectivity index (χ2n) is 8.28. The summed E-state index contributed by atoms with van der Waals surface area (Å²) in [6.07, 6.45) is -1.10. The first-order chi connectivity index (χ1) is 18.0. The van der Waals surface area contributed by atoms with E-state index in [0.29, 0.717) is 28.4 Å². The van der Waals surface area contributed by atoms with E-state index in [9.17, 15) is 23.1 Å². The van der Waals surface area contributed by atoms with Crippen LogP contribution in [0.25, 0.3) is 28.0 Å². The first-order valence-electron chi connectivity index (χ1n) is 10.8. The number of aryl methyl sites for hydroxylation is 1. The van der Waals surface area contributed by atoms with Crippen molar-refractivity contribution >= 4 is 40.2 Å². The third-order valence-corrected chi connectivity index (χ3v) is 7.21. The number of hydrogen-bond acceptors (Lipinski definition) is 5. The lowest BCUT2D eigenvalue weighted by molar-refractivity contribution is -0.708. The van der Waals surface area contributed by atoms with Crippen molar-refractivity contribution < 1.29 is 27.2 Å². The van der Waals surface area contributed by atoms with Crippen LogP contribution in [-0.4, -0.2) is 14.4 Å². The average molecular weight is 581 g/mol. The summed E-state index contributed by atoms with van der Waals surface area (Å²) < 4.78 is 57.1. The number of benzene rings is 1. The summed E-state index contributed by atoms with van der Waals surface area (Å²) in [6, 6.07) is 7.46. The van der Waals surface area contributed by atoms with E-state index in [1.807, 2.05) is 0 Å². The minimum Gasteiger partial charge on any atom is -0.842 e. The highest BCUT2D eigenvalue weighted by atomic mass is 35.5. The van der Waals surface area contributed by atoms with Crippen molar-refractivity contribution in [2.24, 2.45) is 0 Å². The molecule has 4 aromatic heterocycles. The summed E-state index contributed by atoms with van der Waals surface area (Å²) >= 11 is 13.2. The van der Waals surface area contributed by atoms with Gasteiger partial charge in [-0.05, 0) is 43.3 Å². The van der Waals surface area contributed by atoms with Crippen LogP contribution in [0.1, 0.15) is 16.0 Å². The summed E-state index contributed by atoms with van der Waals surface area (Å²) in [5.74, 6) is -1.65. The Balaban J connectivity index is 1.74. The number of thiazole rings is 1. The minimum atomic E-state index is -4.66. The molecule has 0 saturated carbocycles. The van der Waals surface area contributed by atoms with Crippen molar-refractivity contribution in [1.82, 2.24) is 14.4 Å². The first kappa shape index (κ1) is 26.1.